The van der Waals surface area contributed by atoms with Gasteiger partial charge in [0.2, 0.25) is 0 Å². The number of amides is 1. The fraction of sp³-hybridized carbons (Fsp3) is 0.200. The minimum absolute atomic E-state index is 0.126. The molecule has 5 rings (SSSR count). The number of thioether (sulfide) groups is 1. The van der Waals surface area contributed by atoms with E-state index in [1.54, 1.807) is 12.0 Å². The van der Waals surface area contributed by atoms with Crippen molar-refractivity contribution < 1.29 is 14.3 Å². The van der Waals surface area contributed by atoms with Crippen molar-refractivity contribution in [3.8, 4) is 11.5 Å². The van der Waals surface area contributed by atoms with Crippen molar-refractivity contribution in [3.63, 3.8) is 0 Å². The highest BCUT2D eigenvalue weighted by Gasteiger charge is 2.35. The third kappa shape index (κ3) is 6.80. The zero-order valence-electron chi connectivity index (χ0n) is 24.2. The molecule has 42 heavy (non-hydrogen) atoms. The minimum Gasteiger partial charge on any atom is -0.493 e. The van der Waals surface area contributed by atoms with E-state index in [1.165, 1.54) is 28.5 Å². The molecule has 0 spiro atoms. The summed E-state index contributed by atoms with van der Waals surface area (Å²) in [6, 6.07) is 28.2. The van der Waals surface area contributed by atoms with Gasteiger partial charge in [-0.2, -0.15) is 0 Å². The zero-order valence-corrected chi connectivity index (χ0v) is 26.6. The molecule has 0 unspecified atom stereocenters. The molecule has 1 heterocycles. The Morgan fingerprint density at radius 1 is 0.881 bits per heavy atom. The average Bonchev–Trinajstić information content (AvgIpc) is 3.31. The van der Waals surface area contributed by atoms with Crippen molar-refractivity contribution in [1.82, 2.24) is 0 Å². The molecule has 1 fully saturated rings. The maximum atomic E-state index is 13.9. The first-order chi connectivity index (χ1) is 20.4. The van der Waals surface area contributed by atoms with E-state index in [0.717, 1.165) is 39.8 Å². The largest absolute Gasteiger partial charge is 0.493 e. The SMILES string of the molecule is CCc1ccc(N=C2S/C(=C\c3cc(OC)c(OCc4cccc(C)c4)cc3Br)C(=O)N2c2ccc(CC)cc2)cc1. The number of amidine groups is 1. The van der Waals surface area contributed by atoms with Gasteiger partial charge in [-0.1, -0.05) is 83.9 Å². The predicted octanol–water partition coefficient (Wildman–Crippen LogP) is 9.28. The third-order valence-corrected chi connectivity index (χ3v) is 8.68. The van der Waals surface area contributed by atoms with Gasteiger partial charge in [-0.05, 0) is 96.3 Å². The first-order valence-electron chi connectivity index (χ1n) is 13.9. The summed E-state index contributed by atoms with van der Waals surface area (Å²) in [5.74, 6) is 1.08. The lowest BCUT2D eigenvalue weighted by molar-refractivity contribution is -0.113. The topological polar surface area (TPSA) is 51.1 Å². The Balaban J connectivity index is 1.47. The molecule has 4 aromatic rings. The Morgan fingerprint density at radius 3 is 2.21 bits per heavy atom. The van der Waals surface area contributed by atoms with Crippen LogP contribution in [0.2, 0.25) is 0 Å². The molecular formula is C35H33BrN2O3S. The van der Waals surface area contributed by atoms with Crippen LogP contribution in [-0.2, 0) is 24.2 Å². The zero-order chi connectivity index (χ0) is 29.6. The molecule has 0 radical (unpaired) electrons. The smallest absolute Gasteiger partial charge is 0.271 e. The highest BCUT2D eigenvalue weighted by Crippen LogP contribution is 2.40. The maximum Gasteiger partial charge on any atom is 0.271 e. The Morgan fingerprint density at radius 2 is 1.57 bits per heavy atom. The monoisotopic (exact) mass is 640 g/mol. The number of aryl methyl sites for hydroxylation is 3. The molecule has 4 aromatic carbocycles. The quantitative estimate of drug-likeness (QED) is 0.171. The van der Waals surface area contributed by atoms with E-state index < -0.39 is 0 Å². The van der Waals surface area contributed by atoms with Crippen molar-refractivity contribution >= 4 is 56.2 Å². The molecule has 1 saturated heterocycles. The van der Waals surface area contributed by atoms with E-state index in [0.29, 0.717) is 28.2 Å². The molecule has 1 aliphatic rings. The lowest BCUT2D eigenvalue weighted by atomic mass is 10.1. The number of halogens is 1. The first-order valence-corrected chi connectivity index (χ1v) is 15.6. The summed E-state index contributed by atoms with van der Waals surface area (Å²) in [5.41, 5.74) is 7.11. The predicted molar refractivity (Wildman–Crippen MR) is 178 cm³/mol. The van der Waals surface area contributed by atoms with Gasteiger partial charge >= 0.3 is 0 Å². The van der Waals surface area contributed by atoms with Gasteiger partial charge in [0.1, 0.15) is 6.61 Å². The van der Waals surface area contributed by atoms with Gasteiger partial charge in [0.05, 0.1) is 23.4 Å². The summed E-state index contributed by atoms with van der Waals surface area (Å²) in [5, 5.41) is 0.612. The molecule has 0 aliphatic carbocycles. The van der Waals surface area contributed by atoms with Gasteiger partial charge in [-0.15, -0.1) is 0 Å². The molecule has 1 amide bonds. The second-order valence-corrected chi connectivity index (χ2v) is 11.9. The molecule has 0 aromatic heterocycles. The van der Waals surface area contributed by atoms with Crippen LogP contribution in [0.3, 0.4) is 0 Å². The van der Waals surface area contributed by atoms with Crippen LogP contribution in [0.1, 0.15) is 41.7 Å². The summed E-state index contributed by atoms with van der Waals surface area (Å²) in [7, 11) is 1.62. The molecule has 0 atom stereocenters. The Hall–Kier alpha value is -3.81. The Bertz CT molecular complexity index is 1650. The van der Waals surface area contributed by atoms with Gasteiger partial charge in [0.15, 0.2) is 16.7 Å². The molecule has 5 nitrogen and oxygen atoms in total. The van der Waals surface area contributed by atoms with Gasteiger partial charge < -0.3 is 9.47 Å². The Kier molecular flexibility index (Phi) is 9.50. The first kappa shape index (κ1) is 29.7. The lowest BCUT2D eigenvalue weighted by Gasteiger charge is -2.16. The van der Waals surface area contributed by atoms with Gasteiger partial charge in [0, 0.05) is 4.47 Å². The van der Waals surface area contributed by atoms with Gasteiger partial charge in [-0.3, -0.25) is 9.69 Å². The summed E-state index contributed by atoms with van der Waals surface area (Å²) in [6.45, 7) is 6.72. The average molecular weight is 642 g/mol. The third-order valence-electron chi connectivity index (χ3n) is 7.02. The number of rotatable bonds is 9. The van der Waals surface area contributed by atoms with E-state index in [4.69, 9.17) is 14.5 Å². The van der Waals surface area contributed by atoms with E-state index in [2.05, 4.69) is 73.1 Å². The van der Waals surface area contributed by atoms with Crippen molar-refractivity contribution in [2.45, 2.75) is 40.2 Å². The highest BCUT2D eigenvalue weighted by molar-refractivity contribution is 9.10. The number of carbonyl (C=O) groups is 1. The number of benzene rings is 4. The Labute approximate surface area is 260 Å². The lowest BCUT2D eigenvalue weighted by Crippen LogP contribution is -2.28. The minimum atomic E-state index is -0.126. The van der Waals surface area contributed by atoms with E-state index >= 15 is 0 Å². The normalized spacial score (nSPS) is 15.1. The number of anilines is 1. The van der Waals surface area contributed by atoms with Crippen LogP contribution in [0.15, 0.2) is 99.3 Å². The fourth-order valence-corrected chi connectivity index (χ4v) is 6.04. The number of hydrogen-bond acceptors (Lipinski definition) is 5. The van der Waals surface area contributed by atoms with E-state index in [-0.39, 0.29) is 5.91 Å². The number of aliphatic imine (C=N–C) groups is 1. The molecule has 214 valence electrons. The summed E-state index contributed by atoms with van der Waals surface area (Å²) >= 11 is 5.05. The second-order valence-electron chi connectivity index (χ2n) is 9.99. The highest BCUT2D eigenvalue weighted by atomic mass is 79.9. The van der Waals surface area contributed by atoms with Crippen LogP contribution in [-0.4, -0.2) is 18.2 Å². The van der Waals surface area contributed by atoms with Crippen molar-refractivity contribution in [1.29, 1.82) is 0 Å². The maximum absolute atomic E-state index is 13.9. The number of ether oxygens (including phenoxy) is 2. The van der Waals surface area contributed by atoms with Crippen molar-refractivity contribution in [2.75, 3.05) is 12.0 Å². The summed E-state index contributed by atoms with van der Waals surface area (Å²) in [6.07, 6.45) is 3.76. The summed E-state index contributed by atoms with van der Waals surface area (Å²) < 4.78 is 12.6. The number of nitrogens with zero attached hydrogens (tertiary/aromatic N) is 2. The van der Waals surface area contributed by atoms with Gasteiger partial charge in [0.25, 0.3) is 5.91 Å². The second kappa shape index (κ2) is 13.4. The van der Waals surface area contributed by atoms with Gasteiger partial charge in [-0.25, -0.2) is 4.99 Å². The van der Waals surface area contributed by atoms with Crippen LogP contribution in [0.4, 0.5) is 11.4 Å². The van der Waals surface area contributed by atoms with E-state index in [9.17, 15) is 4.79 Å². The van der Waals surface area contributed by atoms with E-state index in [1.807, 2.05) is 54.6 Å². The van der Waals surface area contributed by atoms with Crippen molar-refractivity contribution in [3.05, 3.63) is 122 Å². The van der Waals surface area contributed by atoms with Crippen LogP contribution in [0.5, 0.6) is 11.5 Å². The van der Waals surface area contributed by atoms with Crippen LogP contribution < -0.4 is 14.4 Å². The number of hydrogen-bond donors (Lipinski definition) is 0. The molecule has 0 N–H and O–H groups in total. The number of methoxy groups -OCH3 is 1. The number of carbonyl (C=O) groups excluding carboxylic acids is 1. The van der Waals surface area contributed by atoms with Crippen LogP contribution in [0.25, 0.3) is 6.08 Å². The molecule has 0 bridgehead atoms. The van der Waals surface area contributed by atoms with Crippen molar-refractivity contribution in [2.24, 2.45) is 4.99 Å². The van der Waals surface area contributed by atoms with Crippen LogP contribution >= 0.6 is 27.7 Å². The molecule has 7 heteroatoms. The molecular weight excluding hydrogens is 608 g/mol. The molecule has 1 aliphatic heterocycles. The molecule has 0 saturated carbocycles. The standard InChI is InChI=1S/C35H33BrN2O3S/c1-5-24-10-14-28(15-11-24)37-35-38(29-16-12-25(6-2)13-17-29)34(39)33(42-35)20-27-19-31(40-4)32(21-30(27)36)41-22-26-9-7-8-23(3)18-26/h7-21H,5-6,22H2,1-4H3/b33-20-,37-35?. The summed E-state index contributed by atoms with van der Waals surface area (Å²) in [4.78, 5) is 21.0. The fourth-order valence-electron chi connectivity index (χ4n) is 4.61. The van der Waals surface area contributed by atoms with Crippen LogP contribution in [0, 0.1) is 6.92 Å².